The summed E-state index contributed by atoms with van der Waals surface area (Å²) >= 11 is 0. The van der Waals surface area contributed by atoms with Crippen molar-refractivity contribution in [1.82, 2.24) is 15.5 Å². The second kappa shape index (κ2) is 9.36. The quantitative estimate of drug-likeness (QED) is 0.428. The second-order valence-electron chi connectivity index (χ2n) is 5.63. The summed E-state index contributed by atoms with van der Waals surface area (Å²) < 4.78 is 0. The van der Waals surface area contributed by atoms with E-state index in [0.717, 1.165) is 18.5 Å². The molecule has 0 unspecified atom stereocenters. The van der Waals surface area contributed by atoms with Crippen LogP contribution in [-0.2, 0) is 16.1 Å². The van der Waals surface area contributed by atoms with Crippen LogP contribution in [-0.4, -0.2) is 36.3 Å². The number of likely N-dealkylation sites (tertiary alicyclic amines) is 1. The van der Waals surface area contributed by atoms with Gasteiger partial charge in [0, 0.05) is 38.8 Å². The highest BCUT2D eigenvalue weighted by atomic mass is 16.2. The van der Waals surface area contributed by atoms with E-state index >= 15 is 0 Å². The number of benzene rings is 1. The van der Waals surface area contributed by atoms with Gasteiger partial charge in [-0.25, -0.2) is 0 Å². The molecule has 0 aliphatic carbocycles. The van der Waals surface area contributed by atoms with Gasteiger partial charge in [-0.15, -0.1) is 0 Å². The minimum atomic E-state index is -0.397. The minimum Gasteiger partial charge on any atom is -0.386 e. The molecule has 0 saturated carbocycles. The molecular weight excluding hydrogens is 304 g/mol. The van der Waals surface area contributed by atoms with Crippen LogP contribution in [0.2, 0.25) is 0 Å². The molecule has 126 valence electrons. The molecule has 1 fully saturated rings. The van der Waals surface area contributed by atoms with Crippen LogP contribution in [0.1, 0.15) is 24.8 Å². The maximum atomic E-state index is 12.0. The van der Waals surface area contributed by atoms with Gasteiger partial charge in [-0.2, -0.15) is 5.26 Å². The van der Waals surface area contributed by atoms with Crippen LogP contribution < -0.4 is 10.6 Å². The third kappa shape index (κ3) is 5.43. The van der Waals surface area contributed by atoms with Crippen molar-refractivity contribution in [3.63, 3.8) is 0 Å². The molecule has 1 aliphatic heterocycles. The monoisotopic (exact) mass is 326 g/mol. The van der Waals surface area contributed by atoms with Crippen molar-refractivity contribution in [2.45, 2.75) is 25.8 Å². The predicted octanol–water partition coefficient (Wildman–Crippen LogP) is 1.31. The topological polar surface area (TPSA) is 85.2 Å². The zero-order chi connectivity index (χ0) is 17.2. The lowest BCUT2D eigenvalue weighted by atomic mass is 10.2. The normalized spacial score (nSPS) is 14.4. The van der Waals surface area contributed by atoms with Crippen LogP contribution in [0.3, 0.4) is 0 Å². The number of carbonyl (C=O) groups excluding carboxylic acids is 2. The summed E-state index contributed by atoms with van der Waals surface area (Å²) in [6, 6.07) is 11.6. The first-order valence-electron chi connectivity index (χ1n) is 8.14. The van der Waals surface area contributed by atoms with E-state index in [4.69, 9.17) is 5.26 Å². The number of nitrogens with one attached hydrogen (secondary N) is 2. The van der Waals surface area contributed by atoms with Crippen molar-refractivity contribution >= 4 is 11.8 Å². The summed E-state index contributed by atoms with van der Waals surface area (Å²) in [6.45, 7) is 2.45. The molecule has 2 rings (SSSR count). The Morgan fingerprint density at radius 1 is 1.33 bits per heavy atom. The minimum absolute atomic E-state index is 0.0446. The molecule has 1 aromatic carbocycles. The van der Waals surface area contributed by atoms with Crippen LogP contribution in [0.25, 0.3) is 0 Å². The van der Waals surface area contributed by atoms with Crippen molar-refractivity contribution in [2.75, 3.05) is 19.6 Å². The van der Waals surface area contributed by atoms with Gasteiger partial charge in [0.15, 0.2) is 0 Å². The van der Waals surface area contributed by atoms with Crippen molar-refractivity contribution < 1.29 is 9.59 Å². The number of hydrogen-bond donors (Lipinski definition) is 2. The summed E-state index contributed by atoms with van der Waals surface area (Å²) in [5.74, 6) is -0.213. The average Bonchev–Trinajstić information content (AvgIpc) is 3.01. The molecule has 2 N–H and O–H groups in total. The van der Waals surface area contributed by atoms with Gasteiger partial charge in [-0.05, 0) is 18.4 Å². The highest BCUT2D eigenvalue weighted by Gasteiger charge is 2.19. The van der Waals surface area contributed by atoms with Crippen LogP contribution in [0, 0.1) is 11.3 Å². The summed E-state index contributed by atoms with van der Waals surface area (Å²) in [4.78, 5) is 25.2. The fraction of sp³-hybridized carbons (Fsp3) is 0.389. The van der Waals surface area contributed by atoms with E-state index in [1.54, 1.807) is 0 Å². The molecule has 2 amide bonds. The first-order chi connectivity index (χ1) is 11.7. The highest BCUT2D eigenvalue weighted by Crippen LogP contribution is 2.09. The average molecular weight is 326 g/mol. The number of nitriles is 1. The predicted molar refractivity (Wildman–Crippen MR) is 90.4 cm³/mol. The lowest BCUT2D eigenvalue weighted by Crippen LogP contribution is -2.31. The molecule has 6 heteroatoms. The lowest BCUT2D eigenvalue weighted by Gasteiger charge is -2.15. The maximum absolute atomic E-state index is 12.0. The molecule has 0 spiro atoms. The molecule has 1 heterocycles. The van der Waals surface area contributed by atoms with Crippen molar-refractivity contribution in [3.05, 3.63) is 47.7 Å². The van der Waals surface area contributed by atoms with Gasteiger partial charge in [0.05, 0.1) is 0 Å². The summed E-state index contributed by atoms with van der Waals surface area (Å²) in [7, 11) is 0. The molecule has 0 bridgehead atoms. The summed E-state index contributed by atoms with van der Waals surface area (Å²) in [5, 5.41) is 14.8. The number of hydrogen-bond acceptors (Lipinski definition) is 4. The third-order valence-corrected chi connectivity index (χ3v) is 3.82. The Hall–Kier alpha value is -2.81. The van der Waals surface area contributed by atoms with E-state index in [9.17, 15) is 9.59 Å². The molecular formula is C18H22N4O2. The zero-order valence-corrected chi connectivity index (χ0v) is 13.6. The van der Waals surface area contributed by atoms with E-state index in [2.05, 4.69) is 10.6 Å². The fourth-order valence-corrected chi connectivity index (χ4v) is 2.52. The Morgan fingerprint density at radius 3 is 2.79 bits per heavy atom. The first kappa shape index (κ1) is 17.5. The smallest absolute Gasteiger partial charge is 0.263 e. The van der Waals surface area contributed by atoms with Gasteiger partial charge in [-0.1, -0.05) is 30.3 Å². The molecule has 1 aliphatic rings. The van der Waals surface area contributed by atoms with Crippen molar-refractivity contribution in [1.29, 1.82) is 5.26 Å². The van der Waals surface area contributed by atoms with Gasteiger partial charge >= 0.3 is 0 Å². The lowest BCUT2D eigenvalue weighted by molar-refractivity contribution is -0.127. The molecule has 0 aromatic heterocycles. The maximum Gasteiger partial charge on any atom is 0.263 e. The Bertz CT molecular complexity index is 634. The van der Waals surface area contributed by atoms with Gasteiger partial charge in [0.25, 0.3) is 5.91 Å². The first-order valence-corrected chi connectivity index (χ1v) is 8.14. The van der Waals surface area contributed by atoms with Gasteiger partial charge in [0.1, 0.15) is 11.6 Å². The van der Waals surface area contributed by atoms with Crippen LogP contribution >= 0.6 is 0 Å². The van der Waals surface area contributed by atoms with E-state index in [1.807, 2.05) is 41.3 Å². The number of amides is 2. The Kier molecular flexibility index (Phi) is 6.84. The number of carbonyl (C=O) groups is 2. The van der Waals surface area contributed by atoms with E-state index < -0.39 is 5.91 Å². The van der Waals surface area contributed by atoms with E-state index in [-0.39, 0.29) is 11.5 Å². The fourth-order valence-electron chi connectivity index (χ4n) is 2.52. The molecule has 6 nitrogen and oxygen atoms in total. The van der Waals surface area contributed by atoms with Crippen LogP contribution in [0.4, 0.5) is 0 Å². The molecule has 1 saturated heterocycles. The summed E-state index contributed by atoms with van der Waals surface area (Å²) in [6.07, 6.45) is 3.67. The van der Waals surface area contributed by atoms with E-state index in [1.165, 1.54) is 6.20 Å². The molecule has 24 heavy (non-hydrogen) atoms. The molecule has 1 aromatic rings. The molecule has 0 radical (unpaired) electrons. The van der Waals surface area contributed by atoms with Crippen LogP contribution in [0.15, 0.2) is 42.1 Å². The summed E-state index contributed by atoms with van der Waals surface area (Å²) in [5.41, 5.74) is 1.12. The number of nitrogens with zero attached hydrogens (tertiary/aromatic N) is 2. The second-order valence-corrected chi connectivity index (χ2v) is 5.63. The van der Waals surface area contributed by atoms with Gasteiger partial charge in [0.2, 0.25) is 5.91 Å². The van der Waals surface area contributed by atoms with Gasteiger partial charge in [-0.3, -0.25) is 9.59 Å². The largest absolute Gasteiger partial charge is 0.386 e. The Morgan fingerprint density at radius 2 is 2.12 bits per heavy atom. The van der Waals surface area contributed by atoms with Gasteiger partial charge < -0.3 is 15.5 Å². The Balaban J connectivity index is 1.69. The zero-order valence-electron chi connectivity index (χ0n) is 13.6. The van der Waals surface area contributed by atoms with E-state index in [0.29, 0.717) is 32.5 Å². The standard InChI is InChI=1S/C18H22N4O2/c19-12-16(14-20-13-15-6-2-1-3-7-15)18(24)21-9-5-11-22-10-4-8-17(22)23/h1-3,6-7,14,20H,4-5,8-11,13H2,(H,21,24)/b16-14-. The number of rotatable bonds is 8. The highest BCUT2D eigenvalue weighted by molar-refractivity contribution is 5.97. The third-order valence-electron chi connectivity index (χ3n) is 3.82. The molecule has 0 atom stereocenters. The Labute approximate surface area is 142 Å². The van der Waals surface area contributed by atoms with Crippen molar-refractivity contribution in [3.8, 4) is 6.07 Å². The SMILES string of the molecule is N#C/C(=C/NCc1ccccc1)C(=O)NCCCN1CCCC1=O. The van der Waals surface area contributed by atoms with Crippen molar-refractivity contribution in [2.24, 2.45) is 0 Å². The van der Waals surface area contributed by atoms with Crippen LogP contribution in [0.5, 0.6) is 0 Å².